The number of Topliss-reactive ketones (excluding diaryl/α,β-unsaturated/α-hetero) is 1. The number of benzene rings is 2. The molecule has 0 aromatic heterocycles. The molecule has 9 heteroatoms. The van der Waals surface area contributed by atoms with Gasteiger partial charge in [0, 0.05) is 38.0 Å². The largest absolute Gasteiger partial charge is 0.497 e. The van der Waals surface area contributed by atoms with Gasteiger partial charge in [-0.1, -0.05) is 12.1 Å². The highest BCUT2D eigenvalue weighted by Gasteiger charge is 2.29. The minimum Gasteiger partial charge on any atom is -0.497 e. The van der Waals surface area contributed by atoms with Crippen molar-refractivity contribution in [1.82, 2.24) is 10.2 Å². The van der Waals surface area contributed by atoms with Gasteiger partial charge < -0.3 is 25.0 Å². The predicted molar refractivity (Wildman–Crippen MR) is 147 cm³/mol. The van der Waals surface area contributed by atoms with E-state index >= 15 is 0 Å². The summed E-state index contributed by atoms with van der Waals surface area (Å²) in [7, 11) is 1.57. The van der Waals surface area contributed by atoms with Crippen LogP contribution >= 0.6 is 0 Å². The number of methoxy groups -OCH3 is 1. The second-order valence-electron chi connectivity index (χ2n) is 9.99. The molecule has 1 aliphatic heterocycles. The zero-order valence-corrected chi connectivity index (χ0v) is 22.7. The summed E-state index contributed by atoms with van der Waals surface area (Å²) < 4.78 is 23.0. The van der Waals surface area contributed by atoms with E-state index in [4.69, 9.17) is 9.47 Å². The number of hydrogen-bond acceptors (Lipinski definition) is 7. The molecule has 0 bridgehead atoms. The van der Waals surface area contributed by atoms with E-state index in [-0.39, 0.29) is 24.8 Å². The van der Waals surface area contributed by atoms with E-state index in [0.717, 1.165) is 0 Å². The van der Waals surface area contributed by atoms with Gasteiger partial charge in [0.15, 0.2) is 5.78 Å². The Kier molecular flexibility index (Phi) is 12.7. The maximum absolute atomic E-state index is 12.8. The first-order valence-electron chi connectivity index (χ1n) is 13.7. The molecule has 1 fully saturated rings. The third-order valence-corrected chi connectivity index (χ3v) is 6.92. The molecule has 39 heavy (non-hydrogen) atoms. The Balaban J connectivity index is 1.51. The Morgan fingerprint density at radius 2 is 1.72 bits per heavy atom. The smallest absolute Gasteiger partial charge is 0.220 e. The third kappa shape index (κ3) is 10.2. The fourth-order valence-electron chi connectivity index (χ4n) is 4.63. The summed E-state index contributed by atoms with van der Waals surface area (Å²) in [6, 6.07) is 13.4. The average molecular weight is 545 g/mol. The van der Waals surface area contributed by atoms with Gasteiger partial charge in [0.1, 0.15) is 17.6 Å². The van der Waals surface area contributed by atoms with Gasteiger partial charge in [-0.15, -0.1) is 0 Å². The van der Waals surface area contributed by atoms with Crippen molar-refractivity contribution in [3.05, 3.63) is 59.7 Å². The van der Waals surface area contributed by atoms with Crippen LogP contribution in [0.1, 0.15) is 67.0 Å². The lowest BCUT2D eigenvalue weighted by Crippen LogP contribution is -2.47. The van der Waals surface area contributed by atoms with E-state index in [1.807, 2.05) is 4.90 Å². The first-order chi connectivity index (χ1) is 18.9. The fraction of sp³-hybridized carbons (Fsp3) is 0.533. The fourth-order valence-corrected chi connectivity index (χ4v) is 4.63. The molecule has 0 spiro atoms. The summed E-state index contributed by atoms with van der Waals surface area (Å²) in [5.41, 5.74) is 1.26. The van der Waals surface area contributed by atoms with Crippen LogP contribution in [0.4, 0.5) is 4.39 Å². The molecular formula is C30H41FN2O6. The van der Waals surface area contributed by atoms with Crippen LogP contribution in [-0.4, -0.2) is 79.0 Å². The van der Waals surface area contributed by atoms with E-state index in [1.165, 1.54) is 0 Å². The summed E-state index contributed by atoms with van der Waals surface area (Å²) in [6.07, 6.45) is 2.11. The number of aliphatic hydroxyl groups excluding tert-OH is 2. The first-order valence-corrected chi connectivity index (χ1v) is 13.7. The van der Waals surface area contributed by atoms with Crippen molar-refractivity contribution in [3.63, 3.8) is 0 Å². The quantitative estimate of drug-likeness (QED) is 0.205. The minimum absolute atomic E-state index is 0.0220. The van der Waals surface area contributed by atoms with Crippen molar-refractivity contribution < 1.29 is 33.7 Å². The Morgan fingerprint density at radius 3 is 2.36 bits per heavy atom. The molecule has 1 saturated heterocycles. The van der Waals surface area contributed by atoms with Crippen LogP contribution in [0.2, 0.25) is 0 Å². The molecule has 1 heterocycles. The average Bonchev–Trinajstić information content (AvgIpc) is 3.37. The number of likely N-dealkylation sites (tertiary alicyclic amines) is 1. The maximum atomic E-state index is 12.8. The summed E-state index contributed by atoms with van der Waals surface area (Å²) in [5, 5.41) is 24.1. The number of ketones is 1. The van der Waals surface area contributed by atoms with Gasteiger partial charge in [-0.2, -0.15) is 0 Å². The minimum atomic E-state index is -0.955. The summed E-state index contributed by atoms with van der Waals surface area (Å²) in [6.45, 7) is 1.66. The highest BCUT2D eigenvalue weighted by Crippen LogP contribution is 2.23. The number of alkyl halides is 1. The lowest BCUT2D eigenvalue weighted by atomic mass is 10.0. The monoisotopic (exact) mass is 544 g/mol. The molecule has 0 saturated carbocycles. The molecule has 1 aliphatic rings. The zero-order valence-electron chi connectivity index (χ0n) is 22.7. The van der Waals surface area contributed by atoms with Crippen LogP contribution in [0, 0.1) is 0 Å². The van der Waals surface area contributed by atoms with E-state index in [0.29, 0.717) is 87.4 Å². The van der Waals surface area contributed by atoms with Crippen LogP contribution < -0.4 is 14.8 Å². The number of halogens is 1. The van der Waals surface area contributed by atoms with Crippen molar-refractivity contribution in [2.45, 2.75) is 63.2 Å². The van der Waals surface area contributed by atoms with Crippen molar-refractivity contribution in [2.24, 2.45) is 0 Å². The SMILES string of the molecule is COc1ccc(C(=O)CCCCC(=O)N[C@H](CN2CC[C@H](O)C2)[C@H](O)c2ccc(OCCCCF)cc2)cc1. The molecule has 2 aromatic carbocycles. The number of nitrogens with one attached hydrogen (secondary N) is 1. The van der Waals surface area contributed by atoms with Gasteiger partial charge in [-0.3, -0.25) is 18.9 Å². The Bertz CT molecular complexity index is 1020. The van der Waals surface area contributed by atoms with E-state index < -0.39 is 18.2 Å². The van der Waals surface area contributed by atoms with Crippen LogP contribution in [0.15, 0.2) is 48.5 Å². The molecule has 8 nitrogen and oxygen atoms in total. The van der Waals surface area contributed by atoms with Gasteiger partial charge in [-0.25, -0.2) is 0 Å². The maximum Gasteiger partial charge on any atom is 0.220 e. The molecule has 3 rings (SSSR count). The third-order valence-electron chi connectivity index (χ3n) is 6.92. The second-order valence-corrected chi connectivity index (χ2v) is 9.99. The topological polar surface area (TPSA) is 108 Å². The summed E-state index contributed by atoms with van der Waals surface area (Å²) in [5.74, 6) is 1.16. The number of rotatable bonds is 17. The zero-order chi connectivity index (χ0) is 28.0. The number of ether oxygens (including phenoxy) is 2. The number of nitrogens with zero attached hydrogens (tertiary/aromatic N) is 1. The van der Waals surface area contributed by atoms with Crippen molar-refractivity contribution in [3.8, 4) is 11.5 Å². The molecule has 1 amide bonds. The Morgan fingerprint density at radius 1 is 1.03 bits per heavy atom. The number of aliphatic hydroxyl groups is 2. The summed E-state index contributed by atoms with van der Waals surface area (Å²) >= 11 is 0. The Hall–Kier alpha value is -3.01. The molecule has 3 atom stereocenters. The second kappa shape index (κ2) is 16.2. The predicted octanol–water partition coefficient (Wildman–Crippen LogP) is 3.85. The van der Waals surface area contributed by atoms with E-state index in [1.54, 1.807) is 55.6 Å². The number of unbranched alkanes of at least 4 members (excludes halogenated alkanes) is 2. The Labute approximate surface area is 230 Å². The molecule has 2 aromatic rings. The van der Waals surface area contributed by atoms with Crippen LogP contribution in [0.5, 0.6) is 11.5 Å². The summed E-state index contributed by atoms with van der Waals surface area (Å²) in [4.78, 5) is 27.3. The van der Waals surface area contributed by atoms with Crippen LogP contribution in [0.3, 0.4) is 0 Å². The van der Waals surface area contributed by atoms with Crippen molar-refractivity contribution in [1.29, 1.82) is 0 Å². The molecular weight excluding hydrogens is 503 g/mol. The van der Waals surface area contributed by atoms with Gasteiger partial charge in [0.05, 0.1) is 32.5 Å². The van der Waals surface area contributed by atoms with Crippen molar-refractivity contribution >= 4 is 11.7 Å². The van der Waals surface area contributed by atoms with Crippen LogP contribution in [-0.2, 0) is 4.79 Å². The van der Waals surface area contributed by atoms with Gasteiger partial charge in [-0.05, 0) is 74.1 Å². The lowest BCUT2D eigenvalue weighted by molar-refractivity contribution is -0.123. The molecule has 0 aliphatic carbocycles. The first kappa shape index (κ1) is 30.5. The van der Waals surface area contributed by atoms with Gasteiger partial charge >= 0.3 is 0 Å². The highest BCUT2D eigenvalue weighted by molar-refractivity contribution is 5.96. The highest BCUT2D eigenvalue weighted by atomic mass is 19.1. The van der Waals surface area contributed by atoms with Gasteiger partial charge in [0.25, 0.3) is 0 Å². The molecule has 0 unspecified atom stereocenters. The number of carbonyl (C=O) groups excluding carboxylic acids is 2. The van der Waals surface area contributed by atoms with E-state index in [2.05, 4.69) is 5.32 Å². The standard InChI is InChI=1S/C30H41FN2O6/c1-38-25-12-8-22(9-13-25)28(35)6-2-3-7-29(36)32-27(21-33-18-16-24(34)20-33)30(37)23-10-14-26(15-11-23)39-19-5-4-17-31/h8-15,24,27,30,34,37H,2-7,16-21H2,1H3,(H,32,36)/t24-,27+,30+/m0/s1. The molecule has 0 radical (unpaired) electrons. The van der Waals surface area contributed by atoms with Gasteiger partial charge in [0.2, 0.25) is 5.91 Å². The van der Waals surface area contributed by atoms with E-state index in [9.17, 15) is 24.2 Å². The normalized spacial score (nSPS) is 17.0. The van der Waals surface area contributed by atoms with Crippen LogP contribution in [0.25, 0.3) is 0 Å². The number of β-amino-alcohol motifs (C(OH)–C–C–N with tert-alkyl or cyclic N) is 1. The number of hydrogen-bond donors (Lipinski definition) is 3. The number of amides is 1. The molecule has 214 valence electrons. The van der Waals surface area contributed by atoms with Crippen molar-refractivity contribution in [2.75, 3.05) is 40.0 Å². The molecule has 3 N–H and O–H groups in total. The lowest BCUT2D eigenvalue weighted by Gasteiger charge is -2.29. The number of carbonyl (C=O) groups is 2.